The molecule has 108 valence electrons. The fraction of sp³-hybridized carbons (Fsp3) is 1.00. The van der Waals surface area contributed by atoms with E-state index in [2.05, 4.69) is 26.1 Å². The summed E-state index contributed by atoms with van der Waals surface area (Å²) in [5.41, 5.74) is 0.132. The molecule has 2 heteroatoms. The zero-order valence-electron chi connectivity index (χ0n) is 12.8. The lowest BCUT2D eigenvalue weighted by Gasteiger charge is -2.36. The summed E-state index contributed by atoms with van der Waals surface area (Å²) in [6, 6.07) is 0. The molecule has 1 unspecified atom stereocenters. The molecule has 1 atom stereocenters. The van der Waals surface area contributed by atoms with E-state index < -0.39 is 0 Å². The molecule has 0 aliphatic carbocycles. The monoisotopic (exact) mass is 255 g/mol. The fourth-order valence-corrected chi connectivity index (χ4v) is 2.86. The van der Waals surface area contributed by atoms with Gasteiger partial charge in [-0.15, -0.1) is 0 Å². The molecule has 0 aromatic carbocycles. The van der Waals surface area contributed by atoms with Crippen molar-refractivity contribution in [3.63, 3.8) is 0 Å². The van der Waals surface area contributed by atoms with Crippen LogP contribution in [0.1, 0.15) is 78.6 Å². The quantitative estimate of drug-likeness (QED) is 0.621. The SMILES string of the molecule is CCCCCC(C)(CCCC)OC1CCNCC1. The third-order valence-electron chi connectivity index (χ3n) is 4.11. The second-order valence-corrected chi connectivity index (χ2v) is 6.08. The van der Waals surface area contributed by atoms with Gasteiger partial charge in [-0.3, -0.25) is 0 Å². The van der Waals surface area contributed by atoms with Crippen LogP contribution in [-0.2, 0) is 4.74 Å². The first-order valence-electron chi connectivity index (χ1n) is 8.08. The Morgan fingerprint density at radius 3 is 2.22 bits per heavy atom. The van der Waals surface area contributed by atoms with E-state index in [1.54, 1.807) is 0 Å². The lowest BCUT2D eigenvalue weighted by molar-refractivity contribution is -0.103. The van der Waals surface area contributed by atoms with Crippen LogP contribution in [-0.4, -0.2) is 24.8 Å². The van der Waals surface area contributed by atoms with Gasteiger partial charge in [-0.2, -0.15) is 0 Å². The van der Waals surface area contributed by atoms with Crippen molar-refractivity contribution >= 4 is 0 Å². The van der Waals surface area contributed by atoms with Crippen LogP contribution in [0.25, 0.3) is 0 Å². The van der Waals surface area contributed by atoms with Gasteiger partial charge in [0.1, 0.15) is 0 Å². The summed E-state index contributed by atoms with van der Waals surface area (Å²) >= 11 is 0. The summed E-state index contributed by atoms with van der Waals surface area (Å²) in [4.78, 5) is 0. The van der Waals surface area contributed by atoms with E-state index in [1.807, 2.05) is 0 Å². The Balaban J connectivity index is 2.40. The molecule has 0 amide bonds. The maximum absolute atomic E-state index is 6.49. The molecule has 2 nitrogen and oxygen atoms in total. The van der Waals surface area contributed by atoms with Gasteiger partial charge in [-0.1, -0.05) is 46.0 Å². The predicted octanol–water partition coefficient (Wildman–Crippen LogP) is 4.28. The third-order valence-corrected chi connectivity index (χ3v) is 4.11. The van der Waals surface area contributed by atoms with Crippen molar-refractivity contribution in [3.8, 4) is 0 Å². The fourth-order valence-electron chi connectivity index (χ4n) is 2.86. The summed E-state index contributed by atoms with van der Waals surface area (Å²) in [5.74, 6) is 0. The summed E-state index contributed by atoms with van der Waals surface area (Å²) in [6.07, 6.45) is 11.9. The van der Waals surface area contributed by atoms with E-state index in [4.69, 9.17) is 4.74 Å². The van der Waals surface area contributed by atoms with Crippen LogP contribution >= 0.6 is 0 Å². The van der Waals surface area contributed by atoms with Crippen LogP contribution in [0, 0.1) is 0 Å². The highest BCUT2D eigenvalue weighted by Gasteiger charge is 2.28. The van der Waals surface area contributed by atoms with Crippen LogP contribution in [0.4, 0.5) is 0 Å². The number of ether oxygens (including phenoxy) is 1. The maximum atomic E-state index is 6.49. The lowest BCUT2D eigenvalue weighted by Crippen LogP contribution is -2.39. The van der Waals surface area contributed by atoms with Gasteiger partial charge in [-0.05, 0) is 45.7 Å². The van der Waals surface area contributed by atoms with Gasteiger partial charge in [-0.25, -0.2) is 0 Å². The molecule has 1 rings (SSSR count). The number of hydrogen-bond donors (Lipinski definition) is 1. The summed E-state index contributed by atoms with van der Waals surface area (Å²) in [6.45, 7) is 9.15. The minimum atomic E-state index is 0.132. The topological polar surface area (TPSA) is 21.3 Å². The van der Waals surface area contributed by atoms with Crippen molar-refractivity contribution in [1.82, 2.24) is 5.32 Å². The standard InChI is InChI=1S/C16H33NO/c1-4-6-8-12-16(3,11-7-5-2)18-15-9-13-17-14-10-15/h15,17H,4-14H2,1-3H3. The Hall–Kier alpha value is -0.0800. The Morgan fingerprint density at radius 1 is 1.00 bits per heavy atom. The third kappa shape index (κ3) is 6.19. The molecule has 1 N–H and O–H groups in total. The molecule has 0 aromatic rings. The van der Waals surface area contributed by atoms with E-state index in [0.717, 1.165) is 13.1 Å². The molecule has 0 spiro atoms. The van der Waals surface area contributed by atoms with Crippen molar-refractivity contribution in [3.05, 3.63) is 0 Å². The molecule has 1 heterocycles. The molecule has 1 saturated heterocycles. The van der Waals surface area contributed by atoms with E-state index in [1.165, 1.54) is 57.8 Å². The molecule has 1 fully saturated rings. The average molecular weight is 255 g/mol. The van der Waals surface area contributed by atoms with Crippen LogP contribution in [0.5, 0.6) is 0 Å². The van der Waals surface area contributed by atoms with Gasteiger partial charge in [0.2, 0.25) is 0 Å². The van der Waals surface area contributed by atoms with Crippen LogP contribution < -0.4 is 5.32 Å². The van der Waals surface area contributed by atoms with Gasteiger partial charge in [0.25, 0.3) is 0 Å². The van der Waals surface area contributed by atoms with Crippen molar-refractivity contribution in [2.75, 3.05) is 13.1 Å². The molecule has 0 bridgehead atoms. The van der Waals surface area contributed by atoms with Gasteiger partial charge >= 0.3 is 0 Å². The Morgan fingerprint density at radius 2 is 1.61 bits per heavy atom. The molecule has 18 heavy (non-hydrogen) atoms. The molecule has 1 aliphatic rings. The predicted molar refractivity (Wildman–Crippen MR) is 79.0 cm³/mol. The molecule has 0 radical (unpaired) electrons. The molecule has 0 saturated carbocycles. The zero-order chi connectivity index (χ0) is 13.3. The Kier molecular flexibility index (Phi) is 7.92. The first kappa shape index (κ1) is 16.0. The number of rotatable bonds is 9. The average Bonchev–Trinajstić information content (AvgIpc) is 2.38. The highest BCUT2D eigenvalue weighted by atomic mass is 16.5. The molecular formula is C16H33NO. The summed E-state index contributed by atoms with van der Waals surface area (Å²) < 4.78 is 6.49. The van der Waals surface area contributed by atoms with Gasteiger partial charge in [0, 0.05) is 0 Å². The Bertz CT molecular complexity index is 201. The van der Waals surface area contributed by atoms with Crippen molar-refractivity contribution in [1.29, 1.82) is 0 Å². The van der Waals surface area contributed by atoms with Gasteiger partial charge in [0.15, 0.2) is 0 Å². The maximum Gasteiger partial charge on any atom is 0.0658 e. The second-order valence-electron chi connectivity index (χ2n) is 6.08. The number of unbranched alkanes of at least 4 members (excludes halogenated alkanes) is 3. The van der Waals surface area contributed by atoms with Crippen LogP contribution in [0.3, 0.4) is 0 Å². The van der Waals surface area contributed by atoms with Crippen LogP contribution in [0.15, 0.2) is 0 Å². The van der Waals surface area contributed by atoms with Crippen molar-refractivity contribution < 1.29 is 4.74 Å². The van der Waals surface area contributed by atoms with Gasteiger partial charge in [0.05, 0.1) is 11.7 Å². The Labute approximate surface area is 114 Å². The second kappa shape index (κ2) is 8.92. The normalized spacial score (nSPS) is 20.8. The number of piperidine rings is 1. The summed E-state index contributed by atoms with van der Waals surface area (Å²) in [5, 5.41) is 3.42. The molecular weight excluding hydrogens is 222 g/mol. The van der Waals surface area contributed by atoms with E-state index in [-0.39, 0.29) is 5.60 Å². The first-order valence-corrected chi connectivity index (χ1v) is 8.08. The van der Waals surface area contributed by atoms with Crippen LogP contribution in [0.2, 0.25) is 0 Å². The first-order chi connectivity index (χ1) is 8.70. The van der Waals surface area contributed by atoms with E-state index in [9.17, 15) is 0 Å². The highest BCUT2D eigenvalue weighted by molar-refractivity contribution is 4.79. The minimum absolute atomic E-state index is 0.132. The lowest BCUT2D eigenvalue weighted by atomic mass is 9.91. The van der Waals surface area contributed by atoms with E-state index in [0.29, 0.717) is 6.10 Å². The van der Waals surface area contributed by atoms with Crippen molar-refractivity contribution in [2.24, 2.45) is 0 Å². The van der Waals surface area contributed by atoms with E-state index >= 15 is 0 Å². The number of nitrogens with one attached hydrogen (secondary N) is 1. The van der Waals surface area contributed by atoms with Gasteiger partial charge < -0.3 is 10.1 Å². The smallest absolute Gasteiger partial charge is 0.0658 e. The zero-order valence-corrected chi connectivity index (χ0v) is 12.8. The van der Waals surface area contributed by atoms with Crippen molar-refractivity contribution in [2.45, 2.75) is 90.3 Å². The number of hydrogen-bond acceptors (Lipinski definition) is 2. The summed E-state index contributed by atoms with van der Waals surface area (Å²) in [7, 11) is 0. The molecule has 1 aliphatic heterocycles. The highest BCUT2D eigenvalue weighted by Crippen LogP contribution is 2.29. The minimum Gasteiger partial charge on any atom is -0.372 e. The molecule has 0 aromatic heterocycles. The largest absolute Gasteiger partial charge is 0.372 e.